The van der Waals surface area contributed by atoms with Gasteiger partial charge in [0.2, 0.25) is 0 Å². The van der Waals surface area contributed by atoms with E-state index in [1.807, 2.05) is 0 Å². The van der Waals surface area contributed by atoms with Gasteiger partial charge in [-0.2, -0.15) is 0 Å². The zero-order valence-corrected chi connectivity index (χ0v) is 10.6. The number of hydrogen-bond donors (Lipinski definition) is 1. The number of imidazole rings is 1. The van der Waals surface area contributed by atoms with Crippen molar-refractivity contribution in [2.75, 3.05) is 0 Å². The van der Waals surface area contributed by atoms with Gasteiger partial charge in [-0.1, -0.05) is 6.07 Å². The highest BCUT2D eigenvalue weighted by Crippen LogP contribution is 2.25. The largest absolute Gasteiger partial charge is 0.477 e. The summed E-state index contributed by atoms with van der Waals surface area (Å²) in [7, 11) is 0. The molecule has 0 fully saturated rings. The number of carbonyl (C=O) groups is 1. The van der Waals surface area contributed by atoms with E-state index in [1.54, 1.807) is 30.5 Å². The molecule has 90 valence electrons. The maximum absolute atomic E-state index is 11.1. The Kier molecular flexibility index (Phi) is 2.45. The van der Waals surface area contributed by atoms with Gasteiger partial charge in [-0.25, -0.2) is 9.78 Å². The van der Waals surface area contributed by atoms with E-state index in [2.05, 4.69) is 20.9 Å². The molecule has 0 aliphatic rings. The summed E-state index contributed by atoms with van der Waals surface area (Å²) in [5, 5.41) is 9.09. The van der Waals surface area contributed by atoms with Crippen molar-refractivity contribution in [3.05, 3.63) is 46.9 Å². The van der Waals surface area contributed by atoms with Gasteiger partial charge in [-0.05, 0) is 40.2 Å². The van der Waals surface area contributed by atoms with Crippen LogP contribution in [-0.2, 0) is 0 Å². The maximum Gasteiger partial charge on any atom is 0.352 e. The number of halogens is 1. The van der Waals surface area contributed by atoms with E-state index < -0.39 is 5.97 Å². The summed E-state index contributed by atoms with van der Waals surface area (Å²) >= 11 is 3.22. The van der Waals surface area contributed by atoms with E-state index in [9.17, 15) is 4.79 Å². The van der Waals surface area contributed by atoms with E-state index in [1.165, 1.54) is 10.5 Å². The number of furan rings is 1. The first-order chi connectivity index (χ1) is 8.65. The minimum absolute atomic E-state index is 0.164. The number of carboxylic acids is 1. The van der Waals surface area contributed by atoms with Gasteiger partial charge in [0.1, 0.15) is 17.0 Å². The van der Waals surface area contributed by atoms with Gasteiger partial charge < -0.3 is 9.52 Å². The van der Waals surface area contributed by atoms with Crippen LogP contribution >= 0.6 is 15.9 Å². The molecular weight excluding hydrogens is 300 g/mol. The molecule has 3 aromatic rings. The fourth-order valence-electron chi connectivity index (χ4n) is 1.76. The topological polar surface area (TPSA) is 67.7 Å². The van der Waals surface area contributed by atoms with Gasteiger partial charge in [0, 0.05) is 6.20 Å². The van der Waals surface area contributed by atoms with Gasteiger partial charge in [0.25, 0.3) is 0 Å². The lowest BCUT2D eigenvalue weighted by atomic mass is 10.3. The number of aromatic nitrogens is 2. The minimum Gasteiger partial charge on any atom is -0.477 e. The molecule has 5 nitrogen and oxygen atoms in total. The summed E-state index contributed by atoms with van der Waals surface area (Å²) in [4.78, 5) is 15.4. The number of fused-ring (bicyclic) bond motifs is 1. The Morgan fingerprint density at radius 2 is 2.17 bits per heavy atom. The SMILES string of the molecule is O=C(O)c1cccc2nc(-c3ccc(Br)o3)cn12. The van der Waals surface area contributed by atoms with E-state index >= 15 is 0 Å². The van der Waals surface area contributed by atoms with Crippen LogP contribution in [0, 0.1) is 0 Å². The molecule has 3 aromatic heterocycles. The Bertz CT molecular complexity index is 745. The molecule has 0 amide bonds. The summed E-state index contributed by atoms with van der Waals surface area (Å²) in [6.45, 7) is 0. The number of rotatable bonds is 2. The molecule has 0 saturated carbocycles. The van der Waals surface area contributed by atoms with Crippen molar-refractivity contribution < 1.29 is 14.3 Å². The number of pyridine rings is 1. The highest BCUT2D eigenvalue weighted by molar-refractivity contribution is 9.10. The Balaban J connectivity index is 2.22. The van der Waals surface area contributed by atoms with Gasteiger partial charge >= 0.3 is 5.97 Å². The van der Waals surface area contributed by atoms with Crippen molar-refractivity contribution in [2.45, 2.75) is 0 Å². The molecule has 18 heavy (non-hydrogen) atoms. The maximum atomic E-state index is 11.1. The average molecular weight is 307 g/mol. The van der Waals surface area contributed by atoms with Crippen molar-refractivity contribution >= 4 is 27.5 Å². The lowest BCUT2D eigenvalue weighted by molar-refractivity contribution is 0.0689. The Morgan fingerprint density at radius 3 is 2.83 bits per heavy atom. The van der Waals surface area contributed by atoms with Crippen LogP contribution in [0.25, 0.3) is 17.1 Å². The standard InChI is InChI=1S/C12H7BrN2O3/c13-10-5-4-9(18-10)7-6-15-8(12(16)17)2-1-3-11(15)14-7/h1-6H,(H,16,17). The zero-order valence-electron chi connectivity index (χ0n) is 9.00. The Hall–Kier alpha value is -2.08. The summed E-state index contributed by atoms with van der Waals surface area (Å²) in [5.74, 6) is -0.410. The second kappa shape index (κ2) is 3.99. The molecule has 0 atom stereocenters. The molecular formula is C12H7BrN2O3. The third-order valence-corrected chi connectivity index (χ3v) is 2.96. The quantitative estimate of drug-likeness (QED) is 0.790. The van der Waals surface area contributed by atoms with Crippen molar-refractivity contribution in [1.29, 1.82) is 0 Å². The smallest absolute Gasteiger partial charge is 0.352 e. The number of aromatic carboxylic acids is 1. The molecule has 6 heteroatoms. The third-order valence-electron chi connectivity index (χ3n) is 2.54. The summed E-state index contributed by atoms with van der Waals surface area (Å²) in [6, 6.07) is 8.46. The van der Waals surface area contributed by atoms with Crippen LogP contribution in [0.2, 0.25) is 0 Å². The van der Waals surface area contributed by atoms with Gasteiger partial charge in [-0.3, -0.25) is 4.40 Å². The molecule has 0 saturated heterocycles. The zero-order chi connectivity index (χ0) is 12.7. The van der Waals surface area contributed by atoms with Crippen molar-refractivity contribution in [1.82, 2.24) is 9.38 Å². The molecule has 3 rings (SSSR count). The second-order valence-corrected chi connectivity index (χ2v) is 4.46. The summed E-state index contributed by atoms with van der Waals surface area (Å²) in [5.41, 5.74) is 1.32. The third kappa shape index (κ3) is 1.70. The van der Waals surface area contributed by atoms with Crippen molar-refractivity contribution in [2.24, 2.45) is 0 Å². The van der Waals surface area contributed by atoms with E-state index in [-0.39, 0.29) is 5.69 Å². The molecule has 0 aromatic carbocycles. The molecule has 0 radical (unpaired) electrons. The fraction of sp³-hybridized carbons (Fsp3) is 0. The number of hydrogen-bond acceptors (Lipinski definition) is 3. The second-order valence-electron chi connectivity index (χ2n) is 3.67. The Morgan fingerprint density at radius 1 is 1.33 bits per heavy atom. The van der Waals surface area contributed by atoms with Crippen LogP contribution in [0.1, 0.15) is 10.5 Å². The molecule has 0 spiro atoms. The van der Waals surface area contributed by atoms with E-state index in [0.717, 1.165) is 0 Å². The normalized spacial score (nSPS) is 10.9. The van der Waals surface area contributed by atoms with E-state index in [0.29, 0.717) is 21.8 Å². The minimum atomic E-state index is -0.995. The van der Waals surface area contributed by atoms with Gasteiger partial charge in [0.15, 0.2) is 10.4 Å². The molecule has 0 bridgehead atoms. The van der Waals surface area contributed by atoms with Crippen LogP contribution in [-0.4, -0.2) is 20.5 Å². The van der Waals surface area contributed by atoms with Crippen LogP contribution < -0.4 is 0 Å². The number of nitrogens with zero attached hydrogens (tertiary/aromatic N) is 2. The molecule has 0 aliphatic carbocycles. The van der Waals surface area contributed by atoms with E-state index in [4.69, 9.17) is 9.52 Å². The molecule has 1 N–H and O–H groups in total. The summed E-state index contributed by atoms with van der Waals surface area (Å²) < 4.78 is 7.52. The van der Waals surface area contributed by atoms with Crippen molar-refractivity contribution in [3.8, 4) is 11.5 Å². The first-order valence-corrected chi connectivity index (χ1v) is 5.91. The van der Waals surface area contributed by atoms with Crippen LogP contribution in [0.3, 0.4) is 0 Å². The first kappa shape index (κ1) is 11.0. The van der Waals surface area contributed by atoms with Gasteiger partial charge in [-0.15, -0.1) is 0 Å². The Labute approximate surface area is 110 Å². The molecule has 0 aliphatic heterocycles. The van der Waals surface area contributed by atoms with Crippen LogP contribution in [0.15, 0.2) is 45.6 Å². The fourth-order valence-corrected chi connectivity index (χ4v) is 2.06. The van der Waals surface area contributed by atoms with Gasteiger partial charge in [0.05, 0.1) is 0 Å². The van der Waals surface area contributed by atoms with Crippen molar-refractivity contribution in [3.63, 3.8) is 0 Å². The summed E-state index contributed by atoms with van der Waals surface area (Å²) in [6.07, 6.45) is 1.64. The number of carboxylic acid groups (broad SMARTS) is 1. The lowest BCUT2D eigenvalue weighted by Gasteiger charge is -1.97. The average Bonchev–Trinajstić information content (AvgIpc) is 2.93. The van der Waals surface area contributed by atoms with Crippen LogP contribution in [0.4, 0.5) is 0 Å². The molecule has 0 unspecified atom stereocenters. The highest BCUT2D eigenvalue weighted by atomic mass is 79.9. The highest BCUT2D eigenvalue weighted by Gasteiger charge is 2.13. The first-order valence-electron chi connectivity index (χ1n) is 5.12. The van der Waals surface area contributed by atoms with Crippen LogP contribution in [0.5, 0.6) is 0 Å². The predicted octanol–water partition coefficient (Wildman–Crippen LogP) is 3.06. The molecule has 3 heterocycles. The predicted molar refractivity (Wildman–Crippen MR) is 67.6 cm³/mol. The monoisotopic (exact) mass is 306 g/mol. The lowest BCUT2D eigenvalue weighted by Crippen LogP contribution is -2.03.